The summed E-state index contributed by atoms with van der Waals surface area (Å²) in [6, 6.07) is 9.54. The maximum absolute atomic E-state index is 5.53. The molecule has 0 unspecified atom stereocenters. The highest BCUT2D eigenvalue weighted by Gasteiger charge is 1.97. The fourth-order valence-corrected chi connectivity index (χ4v) is 1.35. The summed E-state index contributed by atoms with van der Waals surface area (Å²) in [5.41, 5.74) is 6.68. The lowest BCUT2D eigenvalue weighted by Crippen LogP contribution is -2.02. The van der Waals surface area contributed by atoms with Crippen LogP contribution in [-0.2, 0) is 6.42 Å². The highest BCUT2D eigenvalue weighted by Crippen LogP contribution is 2.18. The molecule has 0 fully saturated rings. The van der Waals surface area contributed by atoms with Crippen LogP contribution in [0.1, 0.15) is 5.56 Å². The molecule has 0 spiro atoms. The first-order valence-corrected chi connectivity index (χ1v) is 5.11. The lowest BCUT2D eigenvalue weighted by molar-refractivity contribution is 0.461. The second kappa shape index (κ2) is 5.23. The first-order chi connectivity index (χ1) is 7.88. The Hall–Kier alpha value is -1.94. The van der Waals surface area contributed by atoms with Gasteiger partial charge >= 0.3 is 0 Å². The summed E-state index contributed by atoms with van der Waals surface area (Å²) in [7, 11) is 0. The second-order valence-electron chi connectivity index (χ2n) is 3.33. The van der Waals surface area contributed by atoms with Crippen LogP contribution in [0.2, 0.25) is 0 Å². The summed E-state index contributed by atoms with van der Waals surface area (Å²) in [5, 5.41) is 0. The highest BCUT2D eigenvalue weighted by atomic mass is 16.5. The minimum absolute atomic E-state index is 0.543. The van der Waals surface area contributed by atoms with Crippen molar-refractivity contribution in [1.29, 1.82) is 0 Å². The zero-order valence-corrected chi connectivity index (χ0v) is 8.84. The van der Waals surface area contributed by atoms with E-state index in [0.29, 0.717) is 12.4 Å². The molecule has 0 aliphatic carbocycles. The van der Waals surface area contributed by atoms with Gasteiger partial charge in [-0.25, -0.2) is 9.97 Å². The van der Waals surface area contributed by atoms with Crippen molar-refractivity contribution in [3.05, 3.63) is 48.4 Å². The van der Waals surface area contributed by atoms with Crippen molar-refractivity contribution < 1.29 is 4.74 Å². The summed E-state index contributed by atoms with van der Waals surface area (Å²) in [6.07, 6.45) is 3.98. The van der Waals surface area contributed by atoms with Gasteiger partial charge in [0.2, 0.25) is 5.88 Å². The number of hydrogen-bond acceptors (Lipinski definition) is 4. The largest absolute Gasteiger partial charge is 0.439 e. The molecule has 0 saturated carbocycles. The molecule has 0 aliphatic heterocycles. The minimum atomic E-state index is 0.543. The Balaban J connectivity index is 2.05. The Kier molecular flexibility index (Phi) is 3.46. The predicted molar refractivity (Wildman–Crippen MR) is 61.3 cm³/mol. The SMILES string of the molecule is NCCc1ccc(Oc2ccncn2)cc1. The van der Waals surface area contributed by atoms with Gasteiger partial charge in [0.25, 0.3) is 0 Å². The van der Waals surface area contributed by atoms with E-state index < -0.39 is 0 Å². The van der Waals surface area contributed by atoms with Gasteiger partial charge in [-0.2, -0.15) is 0 Å². The number of nitrogens with zero attached hydrogens (tertiary/aromatic N) is 2. The topological polar surface area (TPSA) is 61.0 Å². The van der Waals surface area contributed by atoms with Crippen LogP contribution in [0.5, 0.6) is 11.6 Å². The van der Waals surface area contributed by atoms with Crippen molar-refractivity contribution in [2.24, 2.45) is 5.73 Å². The average molecular weight is 215 g/mol. The van der Waals surface area contributed by atoms with E-state index >= 15 is 0 Å². The molecule has 82 valence electrons. The highest BCUT2D eigenvalue weighted by molar-refractivity contribution is 5.30. The normalized spacial score (nSPS) is 10.1. The van der Waals surface area contributed by atoms with E-state index in [9.17, 15) is 0 Å². The van der Waals surface area contributed by atoms with E-state index in [1.165, 1.54) is 11.9 Å². The molecule has 1 aromatic heterocycles. The van der Waals surface area contributed by atoms with E-state index in [0.717, 1.165) is 12.2 Å². The molecule has 4 nitrogen and oxygen atoms in total. The minimum Gasteiger partial charge on any atom is -0.439 e. The number of benzene rings is 1. The third kappa shape index (κ3) is 2.77. The maximum atomic E-state index is 5.53. The van der Waals surface area contributed by atoms with Crippen molar-refractivity contribution in [1.82, 2.24) is 9.97 Å². The van der Waals surface area contributed by atoms with Crippen LogP contribution in [0.25, 0.3) is 0 Å². The third-order valence-corrected chi connectivity index (χ3v) is 2.13. The molecular weight excluding hydrogens is 202 g/mol. The van der Waals surface area contributed by atoms with Gasteiger partial charge in [0.1, 0.15) is 12.1 Å². The molecule has 1 heterocycles. The van der Waals surface area contributed by atoms with Crippen LogP contribution in [0.4, 0.5) is 0 Å². The number of rotatable bonds is 4. The van der Waals surface area contributed by atoms with E-state index in [-0.39, 0.29) is 0 Å². The van der Waals surface area contributed by atoms with Crippen LogP contribution in [0, 0.1) is 0 Å². The standard InChI is InChI=1S/C12H13N3O/c13-7-5-10-1-3-11(4-2-10)16-12-6-8-14-9-15-12/h1-4,6,8-9H,5,7,13H2. The molecule has 0 saturated heterocycles. The van der Waals surface area contributed by atoms with Gasteiger partial charge in [-0.05, 0) is 30.7 Å². The molecule has 0 bridgehead atoms. The molecule has 0 atom stereocenters. The van der Waals surface area contributed by atoms with Crippen molar-refractivity contribution >= 4 is 0 Å². The number of ether oxygens (including phenoxy) is 1. The Bertz CT molecular complexity index is 428. The van der Waals surface area contributed by atoms with Crippen LogP contribution < -0.4 is 10.5 Å². The maximum Gasteiger partial charge on any atom is 0.222 e. The number of aromatic nitrogens is 2. The van der Waals surface area contributed by atoms with Crippen molar-refractivity contribution in [3.63, 3.8) is 0 Å². The van der Waals surface area contributed by atoms with Crippen molar-refractivity contribution in [2.75, 3.05) is 6.54 Å². The van der Waals surface area contributed by atoms with E-state index in [1.54, 1.807) is 12.3 Å². The third-order valence-electron chi connectivity index (χ3n) is 2.13. The van der Waals surface area contributed by atoms with E-state index in [2.05, 4.69) is 9.97 Å². The molecular formula is C12H13N3O. The molecule has 0 radical (unpaired) electrons. The molecule has 16 heavy (non-hydrogen) atoms. The summed E-state index contributed by atoms with van der Waals surface area (Å²) < 4.78 is 5.53. The Morgan fingerprint density at radius 2 is 1.94 bits per heavy atom. The van der Waals surface area contributed by atoms with Crippen molar-refractivity contribution in [2.45, 2.75) is 6.42 Å². The zero-order chi connectivity index (χ0) is 11.2. The van der Waals surface area contributed by atoms with E-state index in [4.69, 9.17) is 10.5 Å². The van der Waals surface area contributed by atoms with Gasteiger partial charge in [-0.1, -0.05) is 12.1 Å². The summed E-state index contributed by atoms with van der Waals surface area (Å²) >= 11 is 0. The predicted octanol–water partition coefficient (Wildman–Crippen LogP) is 1.77. The molecule has 1 aromatic carbocycles. The lowest BCUT2D eigenvalue weighted by atomic mass is 10.1. The van der Waals surface area contributed by atoms with Gasteiger partial charge in [0.15, 0.2) is 0 Å². The fourth-order valence-electron chi connectivity index (χ4n) is 1.35. The number of hydrogen-bond donors (Lipinski definition) is 1. The van der Waals surface area contributed by atoms with Crippen LogP contribution >= 0.6 is 0 Å². The molecule has 0 amide bonds. The quantitative estimate of drug-likeness (QED) is 0.844. The fraction of sp³-hybridized carbons (Fsp3) is 0.167. The number of nitrogens with two attached hydrogens (primary N) is 1. The first-order valence-electron chi connectivity index (χ1n) is 5.11. The molecule has 2 N–H and O–H groups in total. The summed E-state index contributed by atoms with van der Waals surface area (Å²) in [4.78, 5) is 7.80. The van der Waals surface area contributed by atoms with Crippen LogP contribution in [0.15, 0.2) is 42.9 Å². The Morgan fingerprint density at radius 3 is 2.56 bits per heavy atom. The monoisotopic (exact) mass is 215 g/mol. The van der Waals surface area contributed by atoms with Gasteiger partial charge < -0.3 is 10.5 Å². The zero-order valence-electron chi connectivity index (χ0n) is 8.84. The first kappa shape index (κ1) is 10.6. The summed E-state index contributed by atoms with van der Waals surface area (Å²) in [6.45, 7) is 0.659. The smallest absolute Gasteiger partial charge is 0.222 e. The van der Waals surface area contributed by atoms with Crippen LogP contribution in [-0.4, -0.2) is 16.5 Å². The molecule has 4 heteroatoms. The average Bonchev–Trinajstić information content (AvgIpc) is 2.33. The van der Waals surface area contributed by atoms with Gasteiger partial charge in [-0.3, -0.25) is 0 Å². The van der Waals surface area contributed by atoms with E-state index in [1.807, 2.05) is 24.3 Å². The second-order valence-corrected chi connectivity index (χ2v) is 3.33. The van der Waals surface area contributed by atoms with Gasteiger partial charge in [0, 0.05) is 12.3 Å². The van der Waals surface area contributed by atoms with Gasteiger partial charge in [-0.15, -0.1) is 0 Å². The van der Waals surface area contributed by atoms with Gasteiger partial charge in [0.05, 0.1) is 0 Å². The lowest BCUT2D eigenvalue weighted by Gasteiger charge is -2.04. The Labute approximate surface area is 94.1 Å². The van der Waals surface area contributed by atoms with Crippen LogP contribution in [0.3, 0.4) is 0 Å². The molecule has 2 rings (SSSR count). The molecule has 0 aliphatic rings. The van der Waals surface area contributed by atoms with Crippen molar-refractivity contribution in [3.8, 4) is 11.6 Å². The summed E-state index contributed by atoms with van der Waals surface area (Å²) in [5.74, 6) is 1.31. The molecule has 2 aromatic rings. The Morgan fingerprint density at radius 1 is 1.12 bits per heavy atom.